The summed E-state index contributed by atoms with van der Waals surface area (Å²) < 4.78 is 19.7. The van der Waals surface area contributed by atoms with Crippen LogP contribution in [0.25, 0.3) is 6.08 Å². The molecule has 0 spiro atoms. The first-order valence-electron chi connectivity index (χ1n) is 9.14. The van der Waals surface area contributed by atoms with Gasteiger partial charge in [-0.25, -0.2) is 4.39 Å². The molecule has 2 aromatic rings. The minimum absolute atomic E-state index is 0.0711. The number of amides is 1. The molecular formula is C22H22BrFN2O2. The van der Waals surface area contributed by atoms with Crippen molar-refractivity contribution < 1.29 is 13.9 Å². The number of rotatable bonds is 9. The number of nitrogens with one attached hydrogen (secondary N) is 1. The van der Waals surface area contributed by atoms with Gasteiger partial charge in [-0.05, 0) is 55.0 Å². The molecule has 0 unspecified atom stereocenters. The molecule has 0 saturated heterocycles. The number of ether oxygens (including phenoxy) is 1. The lowest BCUT2D eigenvalue weighted by molar-refractivity contribution is -0.112. The van der Waals surface area contributed by atoms with Crippen molar-refractivity contribution in [2.75, 3.05) is 11.9 Å². The molecule has 2 rings (SSSR count). The van der Waals surface area contributed by atoms with Gasteiger partial charge in [0.1, 0.15) is 23.2 Å². The first-order valence-corrected chi connectivity index (χ1v) is 9.94. The van der Waals surface area contributed by atoms with E-state index in [4.69, 9.17) is 4.74 Å². The van der Waals surface area contributed by atoms with Crippen molar-refractivity contribution >= 4 is 33.6 Å². The summed E-state index contributed by atoms with van der Waals surface area (Å²) in [5.41, 5.74) is 0.975. The van der Waals surface area contributed by atoms with Crippen LogP contribution in [0.2, 0.25) is 0 Å². The van der Waals surface area contributed by atoms with Crippen LogP contribution in [0.3, 0.4) is 0 Å². The molecule has 146 valence electrons. The summed E-state index contributed by atoms with van der Waals surface area (Å²) in [6, 6.07) is 12.7. The van der Waals surface area contributed by atoms with E-state index < -0.39 is 11.7 Å². The van der Waals surface area contributed by atoms with Gasteiger partial charge in [0.15, 0.2) is 0 Å². The normalized spacial score (nSPS) is 11.0. The standard InChI is InChI=1S/C22H22BrFN2O2/c1-2-3-4-5-12-28-21-11-6-18(23)14-16(21)13-17(15-25)22(27)26-20-9-7-19(24)8-10-20/h6-11,13-14H,2-5,12H2,1H3,(H,26,27)/b17-13+. The van der Waals surface area contributed by atoms with Gasteiger partial charge in [-0.2, -0.15) is 5.26 Å². The van der Waals surface area contributed by atoms with E-state index in [2.05, 4.69) is 28.2 Å². The van der Waals surface area contributed by atoms with Crippen molar-refractivity contribution in [2.24, 2.45) is 0 Å². The van der Waals surface area contributed by atoms with Gasteiger partial charge in [0.2, 0.25) is 0 Å². The minimum atomic E-state index is -0.567. The maximum atomic E-state index is 13.0. The van der Waals surface area contributed by atoms with E-state index in [1.165, 1.54) is 36.8 Å². The number of nitrogens with zero attached hydrogens (tertiary/aromatic N) is 1. The maximum absolute atomic E-state index is 13.0. The van der Waals surface area contributed by atoms with Gasteiger partial charge in [-0.3, -0.25) is 4.79 Å². The van der Waals surface area contributed by atoms with E-state index in [0.717, 1.165) is 23.7 Å². The number of hydrogen-bond acceptors (Lipinski definition) is 3. The molecule has 0 saturated carbocycles. The van der Waals surface area contributed by atoms with Crippen molar-refractivity contribution in [3.63, 3.8) is 0 Å². The number of carbonyl (C=O) groups excluding carboxylic acids is 1. The monoisotopic (exact) mass is 444 g/mol. The molecule has 0 aliphatic carbocycles. The van der Waals surface area contributed by atoms with Gasteiger partial charge in [-0.15, -0.1) is 0 Å². The molecule has 0 radical (unpaired) electrons. The number of benzene rings is 2. The molecular weight excluding hydrogens is 423 g/mol. The average Bonchev–Trinajstić information content (AvgIpc) is 2.69. The van der Waals surface area contributed by atoms with Crippen LogP contribution in [0.5, 0.6) is 5.75 Å². The summed E-state index contributed by atoms with van der Waals surface area (Å²) in [5, 5.41) is 12.0. The highest BCUT2D eigenvalue weighted by molar-refractivity contribution is 9.10. The van der Waals surface area contributed by atoms with Gasteiger partial charge in [0.25, 0.3) is 5.91 Å². The van der Waals surface area contributed by atoms with Gasteiger partial charge in [0, 0.05) is 15.7 Å². The van der Waals surface area contributed by atoms with Crippen LogP contribution >= 0.6 is 15.9 Å². The highest BCUT2D eigenvalue weighted by atomic mass is 79.9. The molecule has 0 atom stereocenters. The third-order valence-electron chi connectivity index (χ3n) is 3.99. The van der Waals surface area contributed by atoms with Gasteiger partial charge in [-0.1, -0.05) is 42.1 Å². The smallest absolute Gasteiger partial charge is 0.266 e. The van der Waals surface area contributed by atoms with Crippen LogP contribution in [0.15, 0.2) is 52.5 Å². The summed E-state index contributed by atoms with van der Waals surface area (Å²) in [5.74, 6) is -0.353. The fourth-order valence-electron chi connectivity index (χ4n) is 2.51. The fraction of sp³-hybridized carbons (Fsp3) is 0.273. The van der Waals surface area contributed by atoms with Crippen molar-refractivity contribution in [1.29, 1.82) is 5.26 Å². The Hall–Kier alpha value is -2.65. The van der Waals surface area contributed by atoms with E-state index in [-0.39, 0.29) is 5.57 Å². The molecule has 2 aromatic carbocycles. The molecule has 0 fully saturated rings. The third kappa shape index (κ3) is 6.82. The SMILES string of the molecule is CCCCCCOc1ccc(Br)cc1/C=C(\C#N)C(=O)Nc1ccc(F)cc1. The fourth-order valence-corrected chi connectivity index (χ4v) is 2.89. The van der Waals surface area contributed by atoms with E-state index in [9.17, 15) is 14.4 Å². The summed E-state index contributed by atoms with van der Waals surface area (Å²) in [6.45, 7) is 2.73. The lowest BCUT2D eigenvalue weighted by Crippen LogP contribution is -2.13. The first-order chi connectivity index (χ1) is 13.5. The molecule has 0 aromatic heterocycles. The molecule has 1 amide bonds. The van der Waals surface area contributed by atoms with Crippen LogP contribution in [0.4, 0.5) is 10.1 Å². The Morgan fingerprint density at radius 1 is 1.21 bits per heavy atom. The van der Waals surface area contributed by atoms with Crippen LogP contribution in [-0.4, -0.2) is 12.5 Å². The van der Waals surface area contributed by atoms with Crippen LogP contribution in [0, 0.1) is 17.1 Å². The van der Waals surface area contributed by atoms with Gasteiger partial charge >= 0.3 is 0 Å². The van der Waals surface area contributed by atoms with Crippen molar-refractivity contribution in [2.45, 2.75) is 32.6 Å². The van der Waals surface area contributed by atoms with E-state index in [1.807, 2.05) is 18.2 Å². The van der Waals surface area contributed by atoms with Crippen molar-refractivity contribution in [3.05, 3.63) is 63.9 Å². The Bertz CT molecular complexity index is 873. The second-order valence-corrected chi connectivity index (χ2v) is 7.14. The molecule has 0 aliphatic heterocycles. The summed E-state index contributed by atoms with van der Waals surface area (Å²) in [6.07, 6.45) is 5.86. The average molecular weight is 445 g/mol. The second-order valence-electron chi connectivity index (χ2n) is 6.22. The van der Waals surface area contributed by atoms with Crippen LogP contribution < -0.4 is 10.1 Å². The highest BCUT2D eigenvalue weighted by Gasteiger charge is 2.12. The Balaban J connectivity index is 2.15. The van der Waals surface area contributed by atoms with E-state index >= 15 is 0 Å². The molecule has 1 N–H and O–H groups in total. The van der Waals surface area contributed by atoms with Crippen molar-refractivity contribution in [3.8, 4) is 11.8 Å². The zero-order chi connectivity index (χ0) is 20.4. The van der Waals surface area contributed by atoms with E-state index in [1.54, 1.807) is 6.07 Å². The number of hydrogen-bond donors (Lipinski definition) is 1. The number of halogens is 2. The number of nitriles is 1. The largest absolute Gasteiger partial charge is 0.493 e. The molecule has 0 heterocycles. The first kappa shape index (κ1) is 21.6. The maximum Gasteiger partial charge on any atom is 0.266 e. The number of carbonyl (C=O) groups is 1. The zero-order valence-corrected chi connectivity index (χ0v) is 17.3. The molecule has 0 aliphatic rings. The van der Waals surface area contributed by atoms with Crippen LogP contribution in [-0.2, 0) is 4.79 Å². The van der Waals surface area contributed by atoms with Gasteiger partial charge in [0.05, 0.1) is 6.61 Å². The zero-order valence-electron chi connectivity index (χ0n) is 15.7. The van der Waals surface area contributed by atoms with Crippen LogP contribution in [0.1, 0.15) is 38.2 Å². The Labute approximate surface area is 173 Å². The van der Waals surface area contributed by atoms with Crippen molar-refractivity contribution in [1.82, 2.24) is 0 Å². The summed E-state index contributed by atoms with van der Waals surface area (Å²) >= 11 is 3.40. The molecule has 6 heteroatoms. The topological polar surface area (TPSA) is 62.1 Å². The third-order valence-corrected chi connectivity index (χ3v) is 4.49. The Kier molecular flexibility index (Phi) is 8.70. The predicted molar refractivity (Wildman–Crippen MR) is 112 cm³/mol. The number of unbranched alkanes of at least 4 members (excludes halogenated alkanes) is 3. The van der Waals surface area contributed by atoms with Gasteiger partial charge < -0.3 is 10.1 Å². The predicted octanol–water partition coefficient (Wildman–Crippen LogP) is 6.09. The van der Waals surface area contributed by atoms with E-state index in [0.29, 0.717) is 23.6 Å². The number of anilines is 1. The quantitative estimate of drug-likeness (QED) is 0.289. The second kappa shape index (κ2) is 11.3. The molecule has 0 bridgehead atoms. The Morgan fingerprint density at radius 3 is 2.64 bits per heavy atom. The molecule has 4 nitrogen and oxygen atoms in total. The lowest BCUT2D eigenvalue weighted by atomic mass is 10.1. The lowest BCUT2D eigenvalue weighted by Gasteiger charge is -2.10. The minimum Gasteiger partial charge on any atom is -0.493 e. The summed E-state index contributed by atoms with van der Waals surface area (Å²) in [4.78, 5) is 12.4. The Morgan fingerprint density at radius 2 is 1.96 bits per heavy atom. The molecule has 28 heavy (non-hydrogen) atoms. The summed E-state index contributed by atoms with van der Waals surface area (Å²) in [7, 11) is 0. The highest BCUT2D eigenvalue weighted by Crippen LogP contribution is 2.26.